The lowest BCUT2D eigenvalue weighted by molar-refractivity contribution is -0.282. The molecule has 0 bridgehead atoms. The molecule has 1 heterocycles. The summed E-state index contributed by atoms with van der Waals surface area (Å²) in [6.07, 6.45) is 0. The fourth-order valence-electron chi connectivity index (χ4n) is 1.95. The number of hydrogen-bond acceptors (Lipinski definition) is 4. The fraction of sp³-hybridized carbons (Fsp3) is 0.571. The summed E-state index contributed by atoms with van der Waals surface area (Å²) in [7, 11) is 0.873. The molecule has 1 aromatic carbocycles. The molecular formula is C14H20BFO4. The Morgan fingerprint density at radius 2 is 1.75 bits per heavy atom. The van der Waals surface area contributed by atoms with Crippen molar-refractivity contribution < 1.29 is 23.5 Å². The third-order valence-corrected chi connectivity index (χ3v) is 3.93. The normalized spacial score (nSPS) is 20.4. The Morgan fingerprint density at radius 3 is 2.30 bits per heavy atom. The predicted molar refractivity (Wildman–Crippen MR) is 73.9 cm³/mol. The van der Waals surface area contributed by atoms with E-state index in [1.165, 1.54) is 13.2 Å². The third-order valence-electron chi connectivity index (χ3n) is 3.93. The molecule has 0 N–H and O–H groups in total. The van der Waals surface area contributed by atoms with Gasteiger partial charge in [0.15, 0.2) is 0 Å². The monoisotopic (exact) mass is 282 g/mol. The van der Waals surface area contributed by atoms with Gasteiger partial charge in [0.1, 0.15) is 12.4 Å². The van der Waals surface area contributed by atoms with E-state index in [9.17, 15) is 4.39 Å². The van der Waals surface area contributed by atoms with Gasteiger partial charge >= 0.3 is 7.12 Å². The van der Waals surface area contributed by atoms with Crippen molar-refractivity contribution in [3.8, 4) is 0 Å². The Labute approximate surface area is 119 Å². The third kappa shape index (κ3) is 2.88. The summed E-state index contributed by atoms with van der Waals surface area (Å²) in [5, 5.41) is 0. The molecule has 1 aliphatic heterocycles. The van der Waals surface area contributed by atoms with E-state index in [1.54, 1.807) is 12.1 Å². The molecule has 1 aliphatic rings. The van der Waals surface area contributed by atoms with Crippen LogP contribution >= 0.6 is 0 Å². The standard InChI is InChI=1S/C14H20BFO4/c1-13(2)14(3,4)20-15(19-13)11-6-7-12(16)10(8-11)9-18-17-5/h6-8H,9H2,1-5H3. The summed E-state index contributed by atoms with van der Waals surface area (Å²) in [6, 6.07) is 4.72. The Balaban J connectivity index is 2.22. The molecule has 4 nitrogen and oxygen atoms in total. The van der Waals surface area contributed by atoms with Gasteiger partial charge in [0.2, 0.25) is 0 Å². The van der Waals surface area contributed by atoms with Crippen molar-refractivity contribution in [2.75, 3.05) is 7.11 Å². The van der Waals surface area contributed by atoms with E-state index in [4.69, 9.17) is 14.2 Å². The molecule has 110 valence electrons. The van der Waals surface area contributed by atoms with Crippen LogP contribution in [-0.4, -0.2) is 25.4 Å². The van der Waals surface area contributed by atoms with Crippen LogP contribution in [0.5, 0.6) is 0 Å². The molecule has 1 saturated heterocycles. The smallest absolute Gasteiger partial charge is 0.399 e. The highest BCUT2D eigenvalue weighted by molar-refractivity contribution is 6.62. The molecule has 0 unspecified atom stereocenters. The highest BCUT2D eigenvalue weighted by atomic mass is 19.1. The molecule has 0 aromatic heterocycles. The second kappa shape index (κ2) is 5.45. The van der Waals surface area contributed by atoms with E-state index < -0.39 is 18.3 Å². The first-order valence-electron chi connectivity index (χ1n) is 6.56. The first-order chi connectivity index (χ1) is 9.27. The predicted octanol–water partition coefficient (Wildman–Crippen LogP) is 2.20. The van der Waals surface area contributed by atoms with Crippen molar-refractivity contribution in [3.05, 3.63) is 29.6 Å². The van der Waals surface area contributed by atoms with Gasteiger partial charge < -0.3 is 9.31 Å². The lowest BCUT2D eigenvalue weighted by Crippen LogP contribution is -2.41. The highest BCUT2D eigenvalue weighted by Crippen LogP contribution is 2.36. The minimum atomic E-state index is -0.512. The molecule has 20 heavy (non-hydrogen) atoms. The molecule has 2 rings (SSSR count). The Hall–Kier alpha value is -0.945. The van der Waals surface area contributed by atoms with Gasteiger partial charge in [-0.05, 0) is 39.2 Å². The Kier molecular flexibility index (Phi) is 4.20. The average Bonchev–Trinajstić information content (AvgIpc) is 2.57. The lowest BCUT2D eigenvalue weighted by atomic mass is 9.78. The maximum Gasteiger partial charge on any atom is 0.494 e. The second-order valence-corrected chi connectivity index (χ2v) is 5.87. The van der Waals surface area contributed by atoms with Crippen LogP contribution in [0.25, 0.3) is 0 Å². The molecule has 1 fully saturated rings. The molecule has 0 spiro atoms. The zero-order valence-corrected chi connectivity index (χ0v) is 12.5. The van der Waals surface area contributed by atoms with Crippen LogP contribution in [0.15, 0.2) is 18.2 Å². The first kappa shape index (κ1) is 15.4. The van der Waals surface area contributed by atoms with Crippen LogP contribution in [0.3, 0.4) is 0 Å². The van der Waals surface area contributed by atoms with E-state index >= 15 is 0 Å². The Morgan fingerprint density at radius 1 is 1.15 bits per heavy atom. The van der Waals surface area contributed by atoms with E-state index in [0.29, 0.717) is 5.56 Å². The summed E-state index contributed by atoms with van der Waals surface area (Å²) in [6.45, 7) is 7.95. The fourth-order valence-corrected chi connectivity index (χ4v) is 1.95. The van der Waals surface area contributed by atoms with Crippen molar-refractivity contribution in [3.63, 3.8) is 0 Å². The van der Waals surface area contributed by atoms with Crippen molar-refractivity contribution >= 4 is 12.6 Å². The van der Waals surface area contributed by atoms with E-state index in [-0.39, 0.29) is 12.4 Å². The van der Waals surface area contributed by atoms with Gasteiger partial charge in [-0.3, -0.25) is 0 Å². The van der Waals surface area contributed by atoms with Crippen molar-refractivity contribution in [2.45, 2.75) is 45.5 Å². The summed E-state index contributed by atoms with van der Waals surface area (Å²) in [4.78, 5) is 9.28. The molecule has 6 heteroatoms. The van der Waals surface area contributed by atoms with E-state index in [0.717, 1.165) is 5.46 Å². The van der Waals surface area contributed by atoms with Gasteiger partial charge in [-0.2, -0.15) is 0 Å². The van der Waals surface area contributed by atoms with Gasteiger partial charge in [0.05, 0.1) is 18.3 Å². The number of benzene rings is 1. The lowest BCUT2D eigenvalue weighted by Gasteiger charge is -2.32. The topological polar surface area (TPSA) is 36.9 Å². The summed E-state index contributed by atoms with van der Waals surface area (Å²) in [5.41, 5.74) is 0.323. The molecule has 0 aliphatic carbocycles. The van der Waals surface area contributed by atoms with E-state index in [2.05, 4.69) is 4.89 Å². The molecule has 0 amide bonds. The van der Waals surface area contributed by atoms with Gasteiger partial charge in [-0.15, -0.1) is 0 Å². The number of halogens is 1. The molecular weight excluding hydrogens is 262 g/mol. The van der Waals surface area contributed by atoms with E-state index in [1.807, 2.05) is 27.7 Å². The zero-order valence-electron chi connectivity index (χ0n) is 12.5. The maximum atomic E-state index is 13.7. The maximum absolute atomic E-state index is 13.7. The van der Waals surface area contributed by atoms with Gasteiger partial charge in [0, 0.05) is 5.56 Å². The minimum Gasteiger partial charge on any atom is -0.399 e. The van der Waals surface area contributed by atoms with Gasteiger partial charge in [-0.25, -0.2) is 14.2 Å². The number of hydrogen-bond donors (Lipinski definition) is 0. The summed E-state index contributed by atoms with van der Waals surface area (Å²) >= 11 is 0. The second-order valence-electron chi connectivity index (χ2n) is 5.87. The van der Waals surface area contributed by atoms with Crippen LogP contribution in [0.2, 0.25) is 0 Å². The van der Waals surface area contributed by atoms with Crippen LogP contribution < -0.4 is 5.46 Å². The highest BCUT2D eigenvalue weighted by Gasteiger charge is 2.51. The van der Waals surface area contributed by atoms with Crippen LogP contribution in [0, 0.1) is 5.82 Å². The number of rotatable bonds is 4. The average molecular weight is 282 g/mol. The van der Waals surface area contributed by atoms with Gasteiger partial charge in [-0.1, -0.05) is 12.1 Å². The molecule has 0 radical (unpaired) electrons. The Bertz CT molecular complexity index is 474. The zero-order chi connectivity index (χ0) is 15.0. The van der Waals surface area contributed by atoms with Crippen LogP contribution in [-0.2, 0) is 25.7 Å². The van der Waals surface area contributed by atoms with Crippen molar-refractivity contribution in [1.82, 2.24) is 0 Å². The molecule has 0 atom stereocenters. The largest absolute Gasteiger partial charge is 0.494 e. The van der Waals surface area contributed by atoms with Crippen LogP contribution in [0.4, 0.5) is 4.39 Å². The van der Waals surface area contributed by atoms with Crippen molar-refractivity contribution in [1.29, 1.82) is 0 Å². The minimum absolute atomic E-state index is 0.0374. The summed E-state index contributed by atoms with van der Waals surface area (Å²) < 4.78 is 25.5. The molecule has 0 saturated carbocycles. The quantitative estimate of drug-likeness (QED) is 0.482. The van der Waals surface area contributed by atoms with Crippen molar-refractivity contribution in [2.24, 2.45) is 0 Å². The molecule has 1 aromatic rings. The van der Waals surface area contributed by atoms with Gasteiger partial charge in [0.25, 0.3) is 0 Å². The summed E-state index contributed by atoms with van der Waals surface area (Å²) in [5.74, 6) is -0.345. The SMILES string of the molecule is COOCc1cc(B2OC(C)(C)C(C)(C)O2)ccc1F. The first-order valence-corrected chi connectivity index (χ1v) is 6.56. The van der Waals surface area contributed by atoms with Crippen LogP contribution in [0.1, 0.15) is 33.3 Å².